The molecule has 0 fully saturated rings. The quantitative estimate of drug-likeness (QED) is 0.543. The molecule has 0 aromatic rings. The summed E-state index contributed by atoms with van der Waals surface area (Å²) in [6.45, 7) is 21.8. The molecular formula is C16H33N3O. The van der Waals surface area contributed by atoms with Crippen molar-refractivity contribution >= 4 is 5.91 Å². The van der Waals surface area contributed by atoms with Crippen LogP contribution in [0.3, 0.4) is 0 Å². The summed E-state index contributed by atoms with van der Waals surface area (Å²) in [6.07, 6.45) is 0. The molecule has 0 aliphatic heterocycles. The van der Waals surface area contributed by atoms with E-state index in [0.717, 1.165) is 52.4 Å². The van der Waals surface area contributed by atoms with Gasteiger partial charge in [-0.15, -0.1) is 0 Å². The van der Waals surface area contributed by atoms with Crippen molar-refractivity contribution in [2.45, 2.75) is 34.6 Å². The zero-order valence-corrected chi connectivity index (χ0v) is 14.1. The maximum absolute atomic E-state index is 12.2. The molecule has 0 aromatic carbocycles. The smallest absolute Gasteiger partial charge is 0.248 e. The fraction of sp³-hybridized carbons (Fsp3) is 0.812. The molecule has 1 amide bonds. The Bertz CT molecular complexity index is 267. The van der Waals surface area contributed by atoms with Gasteiger partial charge < -0.3 is 14.7 Å². The van der Waals surface area contributed by atoms with Gasteiger partial charge in [0.05, 0.1) is 0 Å². The average Bonchev–Trinajstić information content (AvgIpc) is 2.46. The third-order valence-electron chi connectivity index (χ3n) is 3.81. The van der Waals surface area contributed by atoms with Crippen LogP contribution in [0, 0.1) is 0 Å². The Morgan fingerprint density at radius 2 is 1.15 bits per heavy atom. The number of hydrogen-bond acceptors (Lipinski definition) is 3. The third-order valence-corrected chi connectivity index (χ3v) is 3.81. The van der Waals surface area contributed by atoms with Crippen molar-refractivity contribution in [3.63, 3.8) is 0 Å². The van der Waals surface area contributed by atoms with Gasteiger partial charge in [-0.05, 0) is 33.1 Å². The maximum atomic E-state index is 12.2. The van der Waals surface area contributed by atoms with Crippen molar-refractivity contribution in [1.82, 2.24) is 14.7 Å². The van der Waals surface area contributed by atoms with Crippen LogP contribution in [0.2, 0.25) is 0 Å². The molecule has 0 heterocycles. The first kappa shape index (κ1) is 19.1. The second-order valence-electron chi connectivity index (χ2n) is 5.13. The molecule has 0 aliphatic carbocycles. The lowest BCUT2D eigenvalue weighted by Crippen LogP contribution is -2.43. The van der Waals surface area contributed by atoms with E-state index in [1.807, 2.05) is 4.90 Å². The SMILES string of the molecule is C=C(C)C(=O)N(CCN(CC)CC)CCN(CC)CC. The van der Waals surface area contributed by atoms with Gasteiger partial charge in [-0.25, -0.2) is 0 Å². The standard InChI is InChI=1S/C16H33N3O/c1-7-17(8-2)11-13-19(16(20)15(5)6)14-12-18(9-3)10-4/h5,7-14H2,1-4,6H3. The van der Waals surface area contributed by atoms with E-state index in [9.17, 15) is 4.79 Å². The van der Waals surface area contributed by atoms with Crippen LogP contribution in [0.5, 0.6) is 0 Å². The molecule has 4 nitrogen and oxygen atoms in total. The largest absolute Gasteiger partial charge is 0.336 e. The second-order valence-corrected chi connectivity index (χ2v) is 5.13. The van der Waals surface area contributed by atoms with Crippen LogP contribution in [0.25, 0.3) is 0 Å². The minimum Gasteiger partial charge on any atom is -0.336 e. The fourth-order valence-corrected chi connectivity index (χ4v) is 2.19. The van der Waals surface area contributed by atoms with E-state index in [-0.39, 0.29) is 5.91 Å². The Hall–Kier alpha value is -0.870. The van der Waals surface area contributed by atoms with E-state index >= 15 is 0 Å². The summed E-state index contributed by atoms with van der Waals surface area (Å²) in [6, 6.07) is 0. The lowest BCUT2D eigenvalue weighted by molar-refractivity contribution is -0.127. The Kier molecular flexibility index (Phi) is 10.4. The molecule has 0 aliphatic rings. The molecule has 0 N–H and O–H groups in total. The van der Waals surface area contributed by atoms with E-state index in [1.54, 1.807) is 6.92 Å². The Morgan fingerprint density at radius 1 is 0.800 bits per heavy atom. The number of amides is 1. The second kappa shape index (κ2) is 10.9. The number of likely N-dealkylation sites (N-methyl/N-ethyl adjacent to an activating group) is 2. The van der Waals surface area contributed by atoms with Gasteiger partial charge in [0.1, 0.15) is 0 Å². The van der Waals surface area contributed by atoms with E-state index in [1.165, 1.54) is 0 Å². The molecule has 118 valence electrons. The minimum absolute atomic E-state index is 0.0873. The van der Waals surface area contributed by atoms with Crippen LogP contribution in [-0.2, 0) is 4.79 Å². The molecule has 0 atom stereocenters. The van der Waals surface area contributed by atoms with Crippen LogP contribution in [0.4, 0.5) is 0 Å². The van der Waals surface area contributed by atoms with Gasteiger partial charge in [-0.2, -0.15) is 0 Å². The van der Waals surface area contributed by atoms with Gasteiger partial charge in [0.15, 0.2) is 0 Å². The van der Waals surface area contributed by atoms with Crippen LogP contribution >= 0.6 is 0 Å². The molecule has 0 bridgehead atoms. The highest BCUT2D eigenvalue weighted by Gasteiger charge is 2.15. The average molecular weight is 283 g/mol. The predicted molar refractivity (Wildman–Crippen MR) is 87.0 cm³/mol. The number of hydrogen-bond donors (Lipinski definition) is 0. The van der Waals surface area contributed by atoms with Crippen molar-refractivity contribution in [2.75, 3.05) is 52.4 Å². The van der Waals surface area contributed by atoms with E-state index in [0.29, 0.717) is 5.57 Å². The van der Waals surface area contributed by atoms with Crippen molar-refractivity contribution in [3.8, 4) is 0 Å². The highest BCUT2D eigenvalue weighted by Crippen LogP contribution is 2.01. The highest BCUT2D eigenvalue weighted by atomic mass is 16.2. The first-order chi connectivity index (χ1) is 9.49. The van der Waals surface area contributed by atoms with Crippen LogP contribution in [0.15, 0.2) is 12.2 Å². The van der Waals surface area contributed by atoms with Crippen molar-refractivity contribution in [3.05, 3.63) is 12.2 Å². The topological polar surface area (TPSA) is 26.8 Å². The number of carbonyl (C=O) groups is 1. The number of carbonyl (C=O) groups excluding carboxylic acids is 1. The minimum atomic E-state index is 0.0873. The van der Waals surface area contributed by atoms with Gasteiger partial charge in [-0.1, -0.05) is 34.3 Å². The summed E-state index contributed by atoms with van der Waals surface area (Å²) >= 11 is 0. The normalized spacial score (nSPS) is 11.2. The summed E-state index contributed by atoms with van der Waals surface area (Å²) in [5, 5.41) is 0. The maximum Gasteiger partial charge on any atom is 0.248 e. The lowest BCUT2D eigenvalue weighted by Gasteiger charge is -2.29. The molecule has 0 spiro atoms. The summed E-state index contributed by atoms with van der Waals surface area (Å²) in [5.41, 5.74) is 0.629. The molecule has 0 radical (unpaired) electrons. The molecule has 0 rings (SSSR count). The zero-order chi connectivity index (χ0) is 15.5. The van der Waals surface area contributed by atoms with Crippen LogP contribution in [0.1, 0.15) is 34.6 Å². The predicted octanol–water partition coefficient (Wildman–Crippen LogP) is 2.07. The lowest BCUT2D eigenvalue weighted by atomic mass is 10.2. The van der Waals surface area contributed by atoms with E-state index in [2.05, 4.69) is 44.1 Å². The first-order valence-corrected chi connectivity index (χ1v) is 7.89. The molecule has 0 unspecified atom stereocenters. The number of nitrogens with zero attached hydrogens (tertiary/aromatic N) is 3. The monoisotopic (exact) mass is 283 g/mol. The van der Waals surface area contributed by atoms with Crippen molar-refractivity contribution < 1.29 is 4.79 Å². The first-order valence-electron chi connectivity index (χ1n) is 7.89. The van der Waals surface area contributed by atoms with Gasteiger partial charge >= 0.3 is 0 Å². The summed E-state index contributed by atoms with van der Waals surface area (Å²) in [5.74, 6) is 0.0873. The van der Waals surface area contributed by atoms with Crippen molar-refractivity contribution in [2.24, 2.45) is 0 Å². The Balaban J connectivity index is 4.49. The van der Waals surface area contributed by atoms with Gasteiger partial charge in [0, 0.05) is 31.8 Å². The summed E-state index contributed by atoms with van der Waals surface area (Å²) < 4.78 is 0. The molecule has 4 heteroatoms. The zero-order valence-electron chi connectivity index (χ0n) is 14.1. The van der Waals surface area contributed by atoms with Gasteiger partial charge in [0.2, 0.25) is 5.91 Å². The number of rotatable bonds is 11. The van der Waals surface area contributed by atoms with E-state index < -0.39 is 0 Å². The van der Waals surface area contributed by atoms with Gasteiger partial charge in [0.25, 0.3) is 0 Å². The molecule has 0 saturated heterocycles. The molecule has 20 heavy (non-hydrogen) atoms. The Labute approximate surface area is 125 Å². The molecule has 0 saturated carbocycles. The summed E-state index contributed by atoms with van der Waals surface area (Å²) in [4.78, 5) is 18.8. The third kappa shape index (κ3) is 7.06. The fourth-order valence-electron chi connectivity index (χ4n) is 2.19. The van der Waals surface area contributed by atoms with Crippen molar-refractivity contribution in [1.29, 1.82) is 0 Å². The highest BCUT2D eigenvalue weighted by molar-refractivity contribution is 5.92. The van der Waals surface area contributed by atoms with Crippen LogP contribution < -0.4 is 0 Å². The van der Waals surface area contributed by atoms with Gasteiger partial charge in [-0.3, -0.25) is 4.79 Å². The molecule has 0 aromatic heterocycles. The summed E-state index contributed by atoms with van der Waals surface area (Å²) in [7, 11) is 0. The Morgan fingerprint density at radius 3 is 1.40 bits per heavy atom. The molecular weight excluding hydrogens is 250 g/mol. The van der Waals surface area contributed by atoms with Crippen LogP contribution in [-0.4, -0.2) is 73.0 Å². The van der Waals surface area contributed by atoms with E-state index in [4.69, 9.17) is 0 Å².